The Morgan fingerprint density at radius 1 is 1.14 bits per heavy atom. The summed E-state index contributed by atoms with van der Waals surface area (Å²) in [5, 5.41) is 40.3. The van der Waals surface area contributed by atoms with E-state index in [2.05, 4.69) is 5.43 Å². The van der Waals surface area contributed by atoms with E-state index in [1.807, 2.05) is 24.3 Å². The molecule has 0 bridgehead atoms. The molecule has 1 heterocycles. The molecule has 0 amide bonds. The minimum Gasteiger partial charge on any atom is -0.469 e. The number of hydrazine groups is 1. The van der Waals surface area contributed by atoms with Crippen LogP contribution in [0.3, 0.4) is 0 Å². The minimum absolute atomic E-state index is 0.272. The Hall–Kier alpha value is -2.84. The van der Waals surface area contributed by atoms with Crippen molar-refractivity contribution in [2.75, 3.05) is 14.1 Å². The molecule has 2 atom stereocenters. The van der Waals surface area contributed by atoms with E-state index >= 15 is 0 Å². The molecule has 1 aliphatic carbocycles. The van der Waals surface area contributed by atoms with Crippen LogP contribution in [-0.2, 0) is 0 Å². The fourth-order valence-electron chi connectivity index (χ4n) is 3.13. The average Bonchev–Trinajstić information content (AvgIpc) is 3.11. The molecule has 110 valence electrons. The van der Waals surface area contributed by atoms with Crippen LogP contribution in [0.15, 0.2) is 22.8 Å². The van der Waals surface area contributed by atoms with Gasteiger partial charge in [-0.15, -0.1) is 0 Å². The summed E-state index contributed by atoms with van der Waals surface area (Å²) in [6.45, 7) is 0. The summed E-state index contributed by atoms with van der Waals surface area (Å²) in [6.07, 6.45) is 1.72. The van der Waals surface area contributed by atoms with Crippen molar-refractivity contribution in [1.82, 2.24) is 10.4 Å². The summed E-state index contributed by atoms with van der Waals surface area (Å²) < 4.78 is 5.35. The van der Waals surface area contributed by atoms with Gasteiger partial charge >= 0.3 is 0 Å². The van der Waals surface area contributed by atoms with E-state index < -0.39 is 22.8 Å². The number of hydrogen-bond donors (Lipinski definition) is 1. The standard InChI is InChI=1S/C15H14N6O/c1-21(2)20-13-6-11(12-4-3-5-22-12)14(7-16,8-17)15(13,9-18)10-19/h3-5,11,13,20H,6H2,1-2H3. The summed E-state index contributed by atoms with van der Waals surface area (Å²) in [6, 6.07) is 10.4. The highest BCUT2D eigenvalue weighted by Crippen LogP contribution is 2.59. The SMILES string of the molecule is CN(C)NC1CC(c2ccco2)C(C#N)(C#N)C1(C#N)C#N. The van der Waals surface area contributed by atoms with Gasteiger partial charge in [0.15, 0.2) is 10.8 Å². The number of nitriles is 4. The Morgan fingerprint density at radius 2 is 1.73 bits per heavy atom. The Kier molecular flexibility index (Phi) is 3.89. The van der Waals surface area contributed by atoms with Crippen LogP contribution in [0.2, 0.25) is 0 Å². The molecule has 2 rings (SSSR count). The average molecular weight is 294 g/mol. The predicted molar refractivity (Wildman–Crippen MR) is 74.0 cm³/mol. The largest absolute Gasteiger partial charge is 0.469 e. The molecule has 7 nitrogen and oxygen atoms in total. The van der Waals surface area contributed by atoms with E-state index in [1.165, 1.54) is 6.26 Å². The fraction of sp³-hybridized carbons (Fsp3) is 0.467. The van der Waals surface area contributed by atoms with Crippen molar-refractivity contribution >= 4 is 0 Å². The zero-order chi connectivity index (χ0) is 16.4. The summed E-state index contributed by atoms with van der Waals surface area (Å²) in [7, 11) is 3.44. The first kappa shape index (κ1) is 15.5. The van der Waals surface area contributed by atoms with E-state index in [9.17, 15) is 21.0 Å². The lowest BCUT2D eigenvalue weighted by Gasteiger charge is -2.31. The van der Waals surface area contributed by atoms with E-state index in [0.717, 1.165) is 0 Å². The van der Waals surface area contributed by atoms with Gasteiger partial charge in [-0.3, -0.25) is 5.01 Å². The topological polar surface area (TPSA) is 124 Å². The van der Waals surface area contributed by atoms with Crippen LogP contribution in [0.1, 0.15) is 18.1 Å². The first-order chi connectivity index (χ1) is 10.5. The van der Waals surface area contributed by atoms with Gasteiger partial charge in [0, 0.05) is 14.1 Å². The number of nitrogens with one attached hydrogen (secondary N) is 1. The zero-order valence-corrected chi connectivity index (χ0v) is 12.2. The zero-order valence-electron chi connectivity index (χ0n) is 12.2. The Balaban J connectivity index is 2.66. The molecular formula is C15H14N6O. The summed E-state index contributed by atoms with van der Waals surface area (Å²) in [5.74, 6) is -0.227. The second-order valence-electron chi connectivity index (χ2n) is 5.44. The lowest BCUT2D eigenvalue weighted by molar-refractivity contribution is 0.183. The second-order valence-corrected chi connectivity index (χ2v) is 5.44. The van der Waals surface area contributed by atoms with Gasteiger partial charge in [0.25, 0.3) is 0 Å². The van der Waals surface area contributed by atoms with E-state index in [4.69, 9.17) is 4.42 Å². The van der Waals surface area contributed by atoms with Crippen molar-refractivity contribution in [2.45, 2.75) is 18.4 Å². The van der Waals surface area contributed by atoms with Gasteiger partial charge in [-0.05, 0) is 18.6 Å². The first-order valence-electron chi connectivity index (χ1n) is 6.63. The van der Waals surface area contributed by atoms with Crippen LogP contribution >= 0.6 is 0 Å². The molecule has 0 aromatic carbocycles. The predicted octanol–water partition coefficient (Wildman–Crippen LogP) is 1.27. The highest BCUT2D eigenvalue weighted by molar-refractivity contribution is 5.45. The maximum atomic E-state index is 9.68. The molecule has 0 aliphatic heterocycles. The van der Waals surface area contributed by atoms with E-state index in [0.29, 0.717) is 5.76 Å². The van der Waals surface area contributed by atoms with Gasteiger partial charge in [0.1, 0.15) is 5.76 Å². The van der Waals surface area contributed by atoms with Crippen LogP contribution in [-0.4, -0.2) is 25.1 Å². The van der Waals surface area contributed by atoms with Crippen molar-refractivity contribution < 1.29 is 4.42 Å². The van der Waals surface area contributed by atoms with Crippen molar-refractivity contribution in [3.63, 3.8) is 0 Å². The number of nitrogens with zero attached hydrogens (tertiary/aromatic N) is 5. The lowest BCUT2D eigenvalue weighted by atomic mass is 9.64. The van der Waals surface area contributed by atoms with Crippen LogP contribution in [0, 0.1) is 56.2 Å². The van der Waals surface area contributed by atoms with Gasteiger partial charge in [0.2, 0.25) is 0 Å². The third-order valence-electron chi connectivity index (χ3n) is 4.14. The van der Waals surface area contributed by atoms with E-state index in [1.54, 1.807) is 31.2 Å². The molecule has 2 unspecified atom stereocenters. The third-order valence-corrected chi connectivity index (χ3v) is 4.14. The maximum absolute atomic E-state index is 9.68. The molecule has 22 heavy (non-hydrogen) atoms. The van der Waals surface area contributed by atoms with Crippen LogP contribution in [0.4, 0.5) is 0 Å². The molecule has 0 radical (unpaired) electrons. The minimum atomic E-state index is -1.80. The van der Waals surface area contributed by atoms with Gasteiger partial charge in [-0.2, -0.15) is 21.0 Å². The van der Waals surface area contributed by atoms with E-state index in [-0.39, 0.29) is 6.42 Å². The molecule has 1 saturated carbocycles. The molecule has 7 heteroatoms. The number of furan rings is 1. The van der Waals surface area contributed by atoms with Crippen LogP contribution in [0.5, 0.6) is 0 Å². The molecule has 1 aromatic rings. The van der Waals surface area contributed by atoms with Crippen molar-refractivity contribution in [1.29, 1.82) is 21.0 Å². The summed E-state index contributed by atoms with van der Waals surface area (Å²) in [4.78, 5) is 0. The second kappa shape index (κ2) is 5.51. The third kappa shape index (κ3) is 1.85. The van der Waals surface area contributed by atoms with Crippen LogP contribution in [0.25, 0.3) is 0 Å². The lowest BCUT2D eigenvalue weighted by Crippen LogP contribution is -2.51. The molecule has 1 aromatic heterocycles. The quantitative estimate of drug-likeness (QED) is 0.832. The Bertz CT molecular complexity index is 681. The van der Waals surface area contributed by atoms with Crippen molar-refractivity contribution in [3.8, 4) is 24.3 Å². The summed E-state index contributed by atoms with van der Waals surface area (Å²) >= 11 is 0. The Labute approximate surface area is 128 Å². The maximum Gasteiger partial charge on any atom is 0.192 e. The monoisotopic (exact) mass is 294 g/mol. The van der Waals surface area contributed by atoms with Crippen LogP contribution < -0.4 is 5.43 Å². The summed E-state index contributed by atoms with van der Waals surface area (Å²) in [5.41, 5.74) is -0.603. The van der Waals surface area contributed by atoms with Gasteiger partial charge in [0.05, 0.1) is 42.5 Å². The van der Waals surface area contributed by atoms with Gasteiger partial charge < -0.3 is 4.42 Å². The first-order valence-corrected chi connectivity index (χ1v) is 6.63. The van der Waals surface area contributed by atoms with Gasteiger partial charge in [-0.1, -0.05) is 0 Å². The smallest absolute Gasteiger partial charge is 0.192 e. The number of rotatable bonds is 3. The van der Waals surface area contributed by atoms with Crippen molar-refractivity contribution in [3.05, 3.63) is 24.2 Å². The highest BCUT2D eigenvalue weighted by Gasteiger charge is 2.69. The number of hydrogen-bond acceptors (Lipinski definition) is 7. The molecule has 0 spiro atoms. The molecule has 0 saturated heterocycles. The fourth-order valence-corrected chi connectivity index (χ4v) is 3.13. The molecular weight excluding hydrogens is 280 g/mol. The highest BCUT2D eigenvalue weighted by atomic mass is 16.3. The van der Waals surface area contributed by atoms with Gasteiger partial charge in [-0.25, -0.2) is 5.43 Å². The molecule has 1 fully saturated rings. The molecule has 1 N–H and O–H groups in total. The molecule has 1 aliphatic rings. The Morgan fingerprint density at radius 3 is 2.14 bits per heavy atom. The van der Waals surface area contributed by atoms with Crippen molar-refractivity contribution in [2.24, 2.45) is 10.8 Å². The normalized spacial score (nSPS) is 24.9.